The minimum Gasteiger partial charge on any atom is -0.550 e. The van der Waals surface area contributed by atoms with E-state index in [9.17, 15) is 15.0 Å². The molecule has 0 aliphatic carbocycles. The van der Waals surface area contributed by atoms with Crippen LogP contribution in [0.2, 0.25) is 0 Å². The molecule has 0 saturated carbocycles. The number of unbranched alkanes of at least 4 members (excludes halogenated alkanes) is 1. The maximum absolute atomic E-state index is 10.2. The summed E-state index contributed by atoms with van der Waals surface area (Å²) in [7, 11) is 0. The molecule has 1 atom stereocenters. The molecular formula is C20H29O3-. The van der Waals surface area contributed by atoms with Crippen LogP contribution in [-0.4, -0.2) is 17.2 Å². The van der Waals surface area contributed by atoms with Gasteiger partial charge >= 0.3 is 0 Å². The Morgan fingerprint density at radius 2 is 1.52 bits per heavy atom. The lowest BCUT2D eigenvalue weighted by atomic mass is 10.2. The number of aliphatic hydroxyl groups is 1. The van der Waals surface area contributed by atoms with Crippen molar-refractivity contribution in [3.63, 3.8) is 0 Å². The Kier molecular flexibility index (Phi) is 15.2. The lowest BCUT2D eigenvalue weighted by molar-refractivity contribution is -0.305. The van der Waals surface area contributed by atoms with Crippen molar-refractivity contribution in [2.75, 3.05) is 0 Å². The number of aliphatic hydroxyl groups excluding tert-OH is 1. The van der Waals surface area contributed by atoms with Crippen molar-refractivity contribution in [2.45, 2.75) is 58.0 Å². The first kappa shape index (κ1) is 21.1. The summed E-state index contributed by atoms with van der Waals surface area (Å²) in [4.78, 5) is 10.2. The maximum Gasteiger partial charge on any atom is 0.0721 e. The van der Waals surface area contributed by atoms with E-state index in [0.29, 0.717) is 6.42 Å². The largest absolute Gasteiger partial charge is 0.550 e. The van der Waals surface area contributed by atoms with E-state index >= 15 is 0 Å². The second-order valence-corrected chi connectivity index (χ2v) is 5.17. The molecule has 0 spiro atoms. The van der Waals surface area contributed by atoms with Gasteiger partial charge in [-0.25, -0.2) is 0 Å². The summed E-state index contributed by atoms with van der Waals surface area (Å²) >= 11 is 0. The van der Waals surface area contributed by atoms with Gasteiger partial charge in [0.25, 0.3) is 0 Å². The van der Waals surface area contributed by atoms with Gasteiger partial charge in [-0.2, -0.15) is 0 Å². The summed E-state index contributed by atoms with van der Waals surface area (Å²) in [5.41, 5.74) is 0. The molecule has 0 saturated heterocycles. The van der Waals surface area contributed by atoms with E-state index in [1.807, 2.05) is 25.2 Å². The van der Waals surface area contributed by atoms with Crippen LogP contribution in [0.1, 0.15) is 51.9 Å². The van der Waals surface area contributed by atoms with E-state index in [2.05, 4.69) is 36.5 Å². The number of allylic oxidation sites excluding steroid dienone is 9. The first-order valence-electron chi connectivity index (χ1n) is 8.33. The molecule has 0 unspecified atom stereocenters. The molecule has 0 aromatic carbocycles. The van der Waals surface area contributed by atoms with Gasteiger partial charge in [-0.15, -0.1) is 0 Å². The van der Waals surface area contributed by atoms with Gasteiger partial charge in [0.1, 0.15) is 0 Å². The molecule has 0 bridgehead atoms. The molecule has 0 rings (SSSR count). The second kappa shape index (κ2) is 16.5. The normalized spacial score (nSPS) is 14.2. The highest BCUT2D eigenvalue weighted by Crippen LogP contribution is 1.98. The van der Waals surface area contributed by atoms with E-state index in [1.54, 1.807) is 6.08 Å². The zero-order valence-electron chi connectivity index (χ0n) is 14.1. The van der Waals surface area contributed by atoms with Crippen LogP contribution in [0.5, 0.6) is 0 Å². The second-order valence-electron chi connectivity index (χ2n) is 5.17. The van der Waals surface area contributed by atoms with Crippen molar-refractivity contribution in [3.8, 4) is 0 Å². The minimum absolute atomic E-state index is 0.133. The van der Waals surface area contributed by atoms with Crippen molar-refractivity contribution >= 4 is 5.97 Å². The summed E-state index contributed by atoms with van der Waals surface area (Å²) in [6, 6.07) is 0. The number of carboxylic acid groups (broad SMARTS) is 1. The lowest BCUT2D eigenvalue weighted by Gasteiger charge is -1.97. The highest BCUT2D eigenvalue weighted by molar-refractivity contribution is 5.64. The average molecular weight is 317 g/mol. The Labute approximate surface area is 140 Å². The summed E-state index contributed by atoms with van der Waals surface area (Å²) in [5, 5.41) is 19.5. The van der Waals surface area contributed by atoms with Gasteiger partial charge in [0.2, 0.25) is 0 Å². The number of carbonyl (C=O) groups excluding carboxylic acids is 1. The minimum atomic E-state index is -0.977. The standard InChI is InChI=1S/C20H30O3/c1-2-19(21)17-15-13-11-9-7-5-3-4-6-8-10-12-14-16-18-20(22)23/h4-7,10-13,15,17,19,21H,2-3,8-9,14,16,18H2,1H3,(H,22,23)/p-1/b6-4-,7-5-,12-10-,13-11-,17-15+/t19-/m1/s1. The van der Waals surface area contributed by atoms with Crippen LogP contribution in [0.4, 0.5) is 0 Å². The maximum atomic E-state index is 10.2. The van der Waals surface area contributed by atoms with Crippen molar-refractivity contribution in [3.05, 3.63) is 60.8 Å². The number of carboxylic acids is 1. The van der Waals surface area contributed by atoms with Crippen LogP contribution in [0, 0.1) is 0 Å². The van der Waals surface area contributed by atoms with Gasteiger partial charge in [-0.1, -0.05) is 67.7 Å². The van der Waals surface area contributed by atoms with Gasteiger partial charge in [0, 0.05) is 5.97 Å². The number of hydrogen-bond donors (Lipinski definition) is 1. The third-order valence-electron chi connectivity index (χ3n) is 3.07. The Morgan fingerprint density at radius 1 is 0.957 bits per heavy atom. The van der Waals surface area contributed by atoms with Crippen LogP contribution >= 0.6 is 0 Å². The van der Waals surface area contributed by atoms with E-state index < -0.39 is 5.97 Å². The fraction of sp³-hybridized carbons (Fsp3) is 0.450. The summed E-state index contributed by atoms with van der Waals surface area (Å²) in [6.45, 7) is 1.95. The molecule has 0 aromatic heterocycles. The van der Waals surface area contributed by atoms with Gasteiger partial charge in [-0.05, 0) is 44.9 Å². The Balaban J connectivity index is 3.55. The monoisotopic (exact) mass is 317 g/mol. The molecule has 128 valence electrons. The summed E-state index contributed by atoms with van der Waals surface area (Å²) in [6.07, 6.45) is 24.8. The zero-order chi connectivity index (χ0) is 17.2. The summed E-state index contributed by atoms with van der Waals surface area (Å²) < 4.78 is 0. The smallest absolute Gasteiger partial charge is 0.0721 e. The Bertz CT molecular complexity index is 428. The third-order valence-corrected chi connectivity index (χ3v) is 3.07. The first-order valence-corrected chi connectivity index (χ1v) is 8.33. The van der Waals surface area contributed by atoms with Crippen LogP contribution in [0.3, 0.4) is 0 Å². The van der Waals surface area contributed by atoms with Gasteiger partial charge in [-0.3, -0.25) is 0 Å². The number of rotatable bonds is 13. The van der Waals surface area contributed by atoms with Gasteiger partial charge in [0.15, 0.2) is 0 Å². The highest BCUT2D eigenvalue weighted by atomic mass is 16.4. The average Bonchev–Trinajstić information content (AvgIpc) is 2.53. The number of carbonyl (C=O) groups is 1. The van der Waals surface area contributed by atoms with Crippen LogP contribution in [0.15, 0.2) is 60.8 Å². The van der Waals surface area contributed by atoms with E-state index in [-0.39, 0.29) is 12.5 Å². The molecule has 1 N–H and O–H groups in total. The molecule has 0 heterocycles. The highest BCUT2D eigenvalue weighted by Gasteiger charge is 1.89. The molecule has 0 radical (unpaired) electrons. The molecule has 3 heteroatoms. The molecular weight excluding hydrogens is 288 g/mol. The van der Waals surface area contributed by atoms with Crippen molar-refractivity contribution in [1.29, 1.82) is 0 Å². The molecule has 0 aliphatic heterocycles. The first-order chi connectivity index (χ1) is 11.2. The topological polar surface area (TPSA) is 60.4 Å². The zero-order valence-corrected chi connectivity index (χ0v) is 14.1. The fourth-order valence-electron chi connectivity index (χ4n) is 1.68. The molecule has 0 aromatic rings. The predicted molar refractivity (Wildman–Crippen MR) is 94.7 cm³/mol. The predicted octanol–water partition coefficient (Wildman–Crippen LogP) is 3.63. The third kappa shape index (κ3) is 18.1. The molecule has 0 fully saturated rings. The quantitative estimate of drug-likeness (QED) is 0.320. The van der Waals surface area contributed by atoms with Gasteiger partial charge < -0.3 is 15.0 Å². The SMILES string of the molecule is CC[C@@H](O)/C=C/C=C\C/C=C\C/C=C\C/C=C\CCCC(=O)[O-]. The van der Waals surface area contributed by atoms with Crippen molar-refractivity contribution in [2.24, 2.45) is 0 Å². The van der Waals surface area contributed by atoms with Crippen LogP contribution in [0.25, 0.3) is 0 Å². The summed E-state index contributed by atoms with van der Waals surface area (Å²) in [5.74, 6) is -0.977. The van der Waals surface area contributed by atoms with E-state index in [1.165, 1.54) is 0 Å². The Morgan fingerprint density at radius 3 is 2.09 bits per heavy atom. The van der Waals surface area contributed by atoms with Crippen LogP contribution in [-0.2, 0) is 4.79 Å². The number of aliphatic carboxylic acids is 1. The molecule has 23 heavy (non-hydrogen) atoms. The molecule has 0 aliphatic rings. The van der Waals surface area contributed by atoms with Crippen molar-refractivity contribution in [1.82, 2.24) is 0 Å². The lowest BCUT2D eigenvalue weighted by Crippen LogP contribution is -2.21. The van der Waals surface area contributed by atoms with Gasteiger partial charge in [0.05, 0.1) is 6.10 Å². The van der Waals surface area contributed by atoms with E-state index in [0.717, 1.165) is 32.1 Å². The van der Waals surface area contributed by atoms with Crippen LogP contribution < -0.4 is 5.11 Å². The van der Waals surface area contributed by atoms with Crippen molar-refractivity contribution < 1.29 is 15.0 Å². The number of hydrogen-bond acceptors (Lipinski definition) is 3. The van der Waals surface area contributed by atoms with E-state index in [4.69, 9.17) is 0 Å². The fourth-order valence-corrected chi connectivity index (χ4v) is 1.68. The molecule has 3 nitrogen and oxygen atoms in total. The molecule has 0 amide bonds. The Hall–Kier alpha value is -1.87.